The third-order valence-electron chi connectivity index (χ3n) is 2.26. The van der Waals surface area contributed by atoms with Crippen molar-refractivity contribution in [2.75, 3.05) is 5.73 Å². The molecular formula is C13H8ClFN2O. The van der Waals surface area contributed by atoms with E-state index in [1.165, 1.54) is 24.3 Å². The van der Waals surface area contributed by atoms with Crippen LogP contribution in [0.15, 0.2) is 36.4 Å². The van der Waals surface area contributed by atoms with Gasteiger partial charge in [0.2, 0.25) is 0 Å². The lowest BCUT2D eigenvalue weighted by atomic mass is 10.2. The fraction of sp³-hybridized carbons (Fsp3) is 0. The molecule has 0 aliphatic carbocycles. The van der Waals surface area contributed by atoms with Gasteiger partial charge in [-0.3, -0.25) is 0 Å². The molecule has 2 aromatic rings. The predicted octanol–water partition coefficient (Wildman–Crippen LogP) is 3.73. The van der Waals surface area contributed by atoms with Crippen LogP contribution < -0.4 is 10.5 Å². The first-order valence-electron chi connectivity index (χ1n) is 5.02. The van der Waals surface area contributed by atoms with Gasteiger partial charge in [-0.05, 0) is 30.3 Å². The van der Waals surface area contributed by atoms with E-state index in [-0.39, 0.29) is 5.02 Å². The van der Waals surface area contributed by atoms with E-state index in [0.29, 0.717) is 22.7 Å². The summed E-state index contributed by atoms with van der Waals surface area (Å²) in [6.45, 7) is 0. The second kappa shape index (κ2) is 4.94. The Morgan fingerprint density at radius 3 is 2.61 bits per heavy atom. The number of nitrogen functional groups attached to an aromatic ring is 1. The maximum absolute atomic E-state index is 13.0. The number of rotatable bonds is 2. The van der Waals surface area contributed by atoms with Gasteiger partial charge in [-0.15, -0.1) is 0 Å². The highest BCUT2D eigenvalue weighted by Gasteiger charge is 2.06. The van der Waals surface area contributed by atoms with Crippen molar-refractivity contribution in [2.45, 2.75) is 0 Å². The van der Waals surface area contributed by atoms with E-state index < -0.39 is 5.82 Å². The van der Waals surface area contributed by atoms with Gasteiger partial charge in [0, 0.05) is 6.07 Å². The number of nitriles is 1. The van der Waals surface area contributed by atoms with E-state index >= 15 is 0 Å². The Labute approximate surface area is 108 Å². The van der Waals surface area contributed by atoms with Crippen LogP contribution in [0.4, 0.5) is 10.1 Å². The normalized spacial score (nSPS) is 9.83. The molecule has 3 nitrogen and oxygen atoms in total. The lowest BCUT2D eigenvalue weighted by molar-refractivity contribution is 0.483. The van der Waals surface area contributed by atoms with Crippen LogP contribution in [0.25, 0.3) is 0 Å². The molecule has 0 atom stereocenters. The Bertz CT molecular complexity index is 637. The SMILES string of the molecule is N#Cc1ccc(Oc2ccc(F)c(Cl)c2)c(N)c1. The molecule has 5 heteroatoms. The topological polar surface area (TPSA) is 59.0 Å². The van der Waals surface area contributed by atoms with Crippen molar-refractivity contribution in [3.05, 3.63) is 52.8 Å². The summed E-state index contributed by atoms with van der Waals surface area (Å²) in [7, 11) is 0. The van der Waals surface area contributed by atoms with Crippen molar-refractivity contribution < 1.29 is 9.13 Å². The van der Waals surface area contributed by atoms with Gasteiger partial charge in [0.25, 0.3) is 0 Å². The van der Waals surface area contributed by atoms with Crippen molar-refractivity contribution in [1.29, 1.82) is 5.26 Å². The first-order chi connectivity index (χ1) is 8.60. The molecule has 90 valence electrons. The molecule has 18 heavy (non-hydrogen) atoms. The molecule has 0 aliphatic heterocycles. The van der Waals surface area contributed by atoms with Gasteiger partial charge in [-0.1, -0.05) is 11.6 Å². The minimum absolute atomic E-state index is 0.0280. The minimum atomic E-state index is -0.517. The average molecular weight is 263 g/mol. The van der Waals surface area contributed by atoms with Crippen LogP contribution in [-0.2, 0) is 0 Å². The quantitative estimate of drug-likeness (QED) is 0.839. The molecule has 0 saturated carbocycles. The molecule has 2 rings (SSSR count). The lowest BCUT2D eigenvalue weighted by Crippen LogP contribution is -1.93. The average Bonchev–Trinajstić information content (AvgIpc) is 2.36. The first-order valence-corrected chi connectivity index (χ1v) is 5.40. The van der Waals surface area contributed by atoms with Crippen LogP contribution in [0.3, 0.4) is 0 Å². The van der Waals surface area contributed by atoms with Gasteiger partial charge in [0.05, 0.1) is 22.3 Å². The fourth-order valence-corrected chi connectivity index (χ4v) is 1.55. The minimum Gasteiger partial charge on any atom is -0.455 e. The molecule has 0 aromatic heterocycles. The van der Waals surface area contributed by atoms with E-state index in [1.54, 1.807) is 12.1 Å². The van der Waals surface area contributed by atoms with E-state index in [9.17, 15) is 4.39 Å². The van der Waals surface area contributed by atoms with E-state index in [2.05, 4.69) is 0 Å². The smallest absolute Gasteiger partial charge is 0.150 e. The monoisotopic (exact) mass is 262 g/mol. The molecule has 0 saturated heterocycles. The first kappa shape index (κ1) is 12.2. The van der Waals surface area contributed by atoms with Crippen molar-refractivity contribution in [3.63, 3.8) is 0 Å². The third kappa shape index (κ3) is 2.53. The molecule has 2 aromatic carbocycles. The standard InChI is InChI=1S/C13H8ClFN2O/c14-10-6-9(2-3-11(10)15)18-13-4-1-8(7-16)5-12(13)17/h1-6H,17H2. The number of hydrogen-bond acceptors (Lipinski definition) is 3. The molecule has 0 amide bonds. The summed E-state index contributed by atoms with van der Waals surface area (Å²) in [6.07, 6.45) is 0. The van der Waals surface area contributed by atoms with Crippen LogP contribution in [0.1, 0.15) is 5.56 Å². The Morgan fingerprint density at radius 2 is 2.00 bits per heavy atom. The molecule has 0 radical (unpaired) electrons. The Morgan fingerprint density at radius 1 is 1.22 bits per heavy atom. The maximum atomic E-state index is 13.0. The highest BCUT2D eigenvalue weighted by atomic mass is 35.5. The number of benzene rings is 2. The van der Waals surface area contributed by atoms with Crippen LogP contribution in [0.2, 0.25) is 5.02 Å². The van der Waals surface area contributed by atoms with Crippen LogP contribution in [-0.4, -0.2) is 0 Å². The molecule has 0 heterocycles. The summed E-state index contributed by atoms with van der Waals surface area (Å²) in [5.74, 6) is 0.242. The molecule has 0 spiro atoms. The maximum Gasteiger partial charge on any atom is 0.150 e. The van der Waals surface area contributed by atoms with Crippen LogP contribution in [0.5, 0.6) is 11.5 Å². The summed E-state index contributed by atoms with van der Waals surface area (Å²) in [5.41, 5.74) is 6.50. The summed E-state index contributed by atoms with van der Waals surface area (Å²) in [5, 5.41) is 8.68. The van der Waals surface area contributed by atoms with Crippen LogP contribution in [0, 0.1) is 17.1 Å². The largest absolute Gasteiger partial charge is 0.455 e. The zero-order valence-electron chi connectivity index (χ0n) is 9.15. The Kier molecular flexibility index (Phi) is 3.35. The van der Waals surface area contributed by atoms with Gasteiger partial charge < -0.3 is 10.5 Å². The number of halogens is 2. The van der Waals surface area contributed by atoms with Gasteiger partial charge in [0.15, 0.2) is 0 Å². The second-order valence-corrected chi connectivity index (χ2v) is 3.95. The van der Waals surface area contributed by atoms with Crippen molar-refractivity contribution in [1.82, 2.24) is 0 Å². The number of ether oxygens (including phenoxy) is 1. The van der Waals surface area contributed by atoms with E-state index in [1.807, 2.05) is 6.07 Å². The summed E-state index contributed by atoms with van der Waals surface area (Å²) in [4.78, 5) is 0. The molecular weight excluding hydrogens is 255 g/mol. The third-order valence-corrected chi connectivity index (χ3v) is 2.55. The van der Waals surface area contributed by atoms with Gasteiger partial charge >= 0.3 is 0 Å². The molecule has 0 bridgehead atoms. The molecule has 2 N–H and O–H groups in total. The highest BCUT2D eigenvalue weighted by Crippen LogP contribution is 2.30. The zero-order chi connectivity index (χ0) is 13.1. The highest BCUT2D eigenvalue weighted by molar-refractivity contribution is 6.30. The number of hydrogen-bond donors (Lipinski definition) is 1. The Hall–Kier alpha value is -2.25. The van der Waals surface area contributed by atoms with Gasteiger partial charge in [-0.25, -0.2) is 4.39 Å². The molecule has 0 aliphatic rings. The van der Waals surface area contributed by atoms with Crippen molar-refractivity contribution in [2.24, 2.45) is 0 Å². The van der Waals surface area contributed by atoms with E-state index in [4.69, 9.17) is 27.3 Å². The lowest BCUT2D eigenvalue weighted by Gasteiger charge is -2.08. The molecule has 0 fully saturated rings. The van der Waals surface area contributed by atoms with Crippen molar-refractivity contribution in [3.8, 4) is 17.6 Å². The van der Waals surface area contributed by atoms with Gasteiger partial charge in [-0.2, -0.15) is 5.26 Å². The number of nitrogens with zero attached hydrogens (tertiary/aromatic N) is 1. The summed E-state index contributed by atoms with van der Waals surface area (Å²) >= 11 is 5.64. The van der Waals surface area contributed by atoms with Crippen LogP contribution >= 0.6 is 11.6 Å². The Balaban J connectivity index is 2.29. The zero-order valence-corrected chi connectivity index (χ0v) is 9.91. The summed E-state index contributed by atoms with van der Waals surface area (Å²) < 4.78 is 18.4. The van der Waals surface area contributed by atoms with Crippen molar-refractivity contribution >= 4 is 17.3 Å². The fourth-order valence-electron chi connectivity index (χ4n) is 1.38. The molecule has 0 unspecified atom stereocenters. The van der Waals surface area contributed by atoms with Gasteiger partial charge in [0.1, 0.15) is 17.3 Å². The summed E-state index contributed by atoms with van der Waals surface area (Å²) in [6, 6.07) is 10.6. The van der Waals surface area contributed by atoms with E-state index in [0.717, 1.165) is 0 Å². The number of nitrogens with two attached hydrogens (primary N) is 1. The number of anilines is 1. The second-order valence-electron chi connectivity index (χ2n) is 3.54. The predicted molar refractivity (Wildman–Crippen MR) is 67.1 cm³/mol.